The fourth-order valence-corrected chi connectivity index (χ4v) is 9.04. The topological polar surface area (TPSA) is 125 Å². The van der Waals surface area contributed by atoms with Crippen LogP contribution >= 0.6 is 15.9 Å². The highest BCUT2D eigenvalue weighted by atomic mass is 79.9. The number of carbonyl (C=O) groups excluding carboxylic acids is 4. The van der Waals surface area contributed by atoms with Gasteiger partial charge >= 0.3 is 5.97 Å². The van der Waals surface area contributed by atoms with Gasteiger partial charge in [0.1, 0.15) is 17.7 Å². The number of hydrogen-bond acceptors (Lipinski definition) is 7. The molecule has 10 nitrogen and oxygen atoms in total. The lowest BCUT2D eigenvalue weighted by Crippen LogP contribution is -2.59. The molecular weight excluding hydrogens is 714 g/mol. The first-order valence-corrected chi connectivity index (χ1v) is 18.8. The molecule has 2 N–H and O–H groups in total. The van der Waals surface area contributed by atoms with E-state index in [9.17, 15) is 24.3 Å². The van der Waals surface area contributed by atoms with E-state index < -0.39 is 59.6 Å². The lowest BCUT2D eigenvalue weighted by atomic mass is 9.70. The Kier molecular flexibility index (Phi) is 12.6. The van der Waals surface area contributed by atoms with Crippen molar-refractivity contribution in [3.05, 3.63) is 97.1 Å². The third-order valence-corrected chi connectivity index (χ3v) is 11.6. The minimum Gasteiger partial charge on any atom is -0.455 e. The molecule has 3 aliphatic rings. The van der Waals surface area contributed by atoms with Gasteiger partial charge in [-0.25, -0.2) is 0 Å². The van der Waals surface area contributed by atoms with Crippen molar-refractivity contribution in [2.45, 2.75) is 93.8 Å². The van der Waals surface area contributed by atoms with Gasteiger partial charge in [0.15, 0.2) is 0 Å². The van der Waals surface area contributed by atoms with Gasteiger partial charge in [-0.3, -0.25) is 19.2 Å². The van der Waals surface area contributed by atoms with Gasteiger partial charge in [0.05, 0.1) is 36.6 Å². The molecular formula is C40H50BrN3O7. The number of benzene rings is 2. The Morgan fingerprint density at radius 3 is 2.39 bits per heavy atom. The van der Waals surface area contributed by atoms with E-state index in [0.29, 0.717) is 24.8 Å². The number of alkyl halides is 1. The van der Waals surface area contributed by atoms with E-state index >= 15 is 0 Å². The highest BCUT2D eigenvalue weighted by Crippen LogP contribution is 2.61. The van der Waals surface area contributed by atoms with Crippen LogP contribution in [-0.2, 0) is 35.2 Å². The predicted octanol–water partition coefficient (Wildman–Crippen LogP) is 5.11. The maximum Gasteiger partial charge on any atom is 0.313 e. The molecule has 11 heteroatoms. The highest BCUT2D eigenvalue weighted by molar-refractivity contribution is 9.09. The Bertz CT molecular complexity index is 1570. The van der Waals surface area contributed by atoms with Gasteiger partial charge in [0.2, 0.25) is 17.7 Å². The zero-order chi connectivity index (χ0) is 36.9. The van der Waals surface area contributed by atoms with Crippen molar-refractivity contribution < 1.29 is 33.8 Å². The van der Waals surface area contributed by atoms with Gasteiger partial charge in [-0.15, -0.1) is 13.2 Å². The number of fused-ring (bicyclic) bond motifs is 1. The molecule has 274 valence electrons. The van der Waals surface area contributed by atoms with Crippen molar-refractivity contribution in [3.63, 3.8) is 0 Å². The molecule has 3 aliphatic heterocycles. The second-order valence-electron chi connectivity index (χ2n) is 14.0. The molecule has 51 heavy (non-hydrogen) atoms. The number of ether oxygens (including phenoxy) is 2. The lowest BCUT2D eigenvalue weighted by Gasteiger charge is -2.41. The molecule has 3 amide bonds. The van der Waals surface area contributed by atoms with Crippen LogP contribution in [0.4, 0.5) is 0 Å². The van der Waals surface area contributed by atoms with Crippen LogP contribution in [0, 0.1) is 17.8 Å². The number of esters is 1. The van der Waals surface area contributed by atoms with Crippen LogP contribution in [0.25, 0.3) is 0 Å². The number of nitrogens with one attached hydrogen (secondary N) is 1. The van der Waals surface area contributed by atoms with E-state index in [1.54, 1.807) is 24.0 Å². The quantitative estimate of drug-likeness (QED) is 0.130. The third kappa shape index (κ3) is 7.57. The first-order valence-electron chi connectivity index (χ1n) is 17.9. The molecule has 1 unspecified atom stereocenters. The average molecular weight is 765 g/mol. The van der Waals surface area contributed by atoms with Crippen molar-refractivity contribution in [2.24, 2.45) is 17.8 Å². The van der Waals surface area contributed by atoms with Crippen LogP contribution in [0.5, 0.6) is 0 Å². The number of aliphatic hydroxyl groups excluding tert-OH is 1. The molecule has 1 spiro atoms. The molecule has 0 saturated carbocycles. The Balaban J connectivity index is 1.53. The van der Waals surface area contributed by atoms with Crippen LogP contribution in [0.1, 0.15) is 63.7 Å². The van der Waals surface area contributed by atoms with E-state index in [0.717, 1.165) is 5.56 Å². The molecule has 5 rings (SSSR count). The van der Waals surface area contributed by atoms with E-state index in [4.69, 9.17) is 9.47 Å². The number of amides is 3. The number of carbonyl (C=O) groups is 4. The number of hydrogen-bond donors (Lipinski definition) is 2. The molecule has 0 aliphatic carbocycles. The monoisotopic (exact) mass is 763 g/mol. The molecule has 2 aromatic rings. The minimum absolute atomic E-state index is 0.151. The lowest BCUT2D eigenvalue weighted by molar-refractivity contribution is -0.163. The summed E-state index contributed by atoms with van der Waals surface area (Å²) in [6, 6.07) is 16.4. The fourth-order valence-electron chi connectivity index (χ4n) is 8.09. The molecule has 10 atom stereocenters. The summed E-state index contributed by atoms with van der Waals surface area (Å²) in [5, 5.41) is 13.7. The van der Waals surface area contributed by atoms with E-state index in [1.807, 2.05) is 74.5 Å². The van der Waals surface area contributed by atoms with Crippen LogP contribution in [-0.4, -0.2) is 86.4 Å². The summed E-state index contributed by atoms with van der Waals surface area (Å²) in [5.41, 5.74) is 0.245. The summed E-state index contributed by atoms with van der Waals surface area (Å²) in [6.45, 7) is 13.4. The van der Waals surface area contributed by atoms with Crippen molar-refractivity contribution in [1.29, 1.82) is 0 Å². The van der Waals surface area contributed by atoms with Crippen LogP contribution in [0.3, 0.4) is 0 Å². The second-order valence-corrected chi connectivity index (χ2v) is 15.2. The molecule has 0 aromatic heterocycles. The Labute approximate surface area is 309 Å². The van der Waals surface area contributed by atoms with E-state index in [-0.39, 0.29) is 48.7 Å². The minimum atomic E-state index is -1.35. The number of nitrogens with zero attached hydrogens (tertiary/aromatic N) is 2. The van der Waals surface area contributed by atoms with Gasteiger partial charge in [0, 0.05) is 24.3 Å². The highest BCUT2D eigenvalue weighted by Gasteiger charge is 2.77. The van der Waals surface area contributed by atoms with Crippen molar-refractivity contribution in [2.75, 3.05) is 13.2 Å². The standard InChI is InChI=1S/C40H50BrN3O7/c1-6-9-20-31(46)42-26(5)34(28-18-14-11-15-19-28)50-39(49)32-33-37(47)44(30(24-45)25(4)8-3)36(40(33)22-29(41)35(32)51-40)38(48)43(21-7-2)23-27-16-12-10-13-17-27/h6-7,10-19,25-26,29-30,32-36,45H,1-2,8-9,20-24H2,3-5H3,(H,42,46)/t25-,26-,29?,30-,32-,33+,34-,35-,36-,40+/m0/s1. The fraction of sp³-hybridized carbons (Fsp3) is 0.500. The van der Waals surface area contributed by atoms with Crippen molar-refractivity contribution in [3.8, 4) is 0 Å². The van der Waals surface area contributed by atoms with Gasteiger partial charge in [-0.2, -0.15) is 0 Å². The number of aliphatic hydroxyl groups is 1. The Morgan fingerprint density at radius 1 is 1.12 bits per heavy atom. The summed E-state index contributed by atoms with van der Waals surface area (Å²) in [6.07, 6.45) is 3.43. The summed E-state index contributed by atoms with van der Waals surface area (Å²) >= 11 is 3.75. The molecule has 2 bridgehead atoms. The summed E-state index contributed by atoms with van der Waals surface area (Å²) in [7, 11) is 0. The molecule has 2 aromatic carbocycles. The summed E-state index contributed by atoms with van der Waals surface area (Å²) < 4.78 is 13.1. The Hall–Kier alpha value is -3.80. The second kappa shape index (κ2) is 16.7. The van der Waals surface area contributed by atoms with E-state index in [1.165, 1.54) is 4.90 Å². The maximum absolute atomic E-state index is 14.9. The molecule has 3 saturated heterocycles. The summed E-state index contributed by atoms with van der Waals surface area (Å²) in [4.78, 5) is 59.8. The predicted molar refractivity (Wildman–Crippen MR) is 197 cm³/mol. The van der Waals surface area contributed by atoms with Crippen LogP contribution in [0.2, 0.25) is 0 Å². The van der Waals surface area contributed by atoms with Gasteiger partial charge in [-0.05, 0) is 36.8 Å². The normalized spacial score (nSPS) is 27.2. The number of allylic oxidation sites excluding steroid dienone is 1. The molecule has 0 radical (unpaired) electrons. The largest absolute Gasteiger partial charge is 0.455 e. The van der Waals surface area contributed by atoms with E-state index in [2.05, 4.69) is 34.4 Å². The van der Waals surface area contributed by atoms with Gasteiger partial charge in [0.25, 0.3) is 0 Å². The smallest absolute Gasteiger partial charge is 0.313 e. The maximum atomic E-state index is 14.9. The van der Waals surface area contributed by atoms with Crippen molar-refractivity contribution in [1.82, 2.24) is 15.1 Å². The SMILES string of the molecule is C=CCCC(=O)N[C@@H](C)[C@H](OC(=O)[C@@H]1[C@H]2O[C@@]3(CC2Br)[C@H](C(=O)N(CC=C)Cc2ccccc2)N([C@@H](CO)[C@@H](C)CC)C(=O)[C@@H]13)c1ccccc1. The molecule has 3 fully saturated rings. The first-order chi connectivity index (χ1) is 24.5. The Morgan fingerprint density at radius 2 is 1.78 bits per heavy atom. The molecule has 3 heterocycles. The number of likely N-dealkylation sites (tertiary alicyclic amines) is 1. The number of rotatable bonds is 17. The average Bonchev–Trinajstić information content (AvgIpc) is 3.73. The van der Waals surface area contributed by atoms with Gasteiger partial charge in [-0.1, -0.05) is 109 Å². The first kappa shape index (κ1) is 38.4. The zero-order valence-corrected chi connectivity index (χ0v) is 31.2. The number of halogens is 1. The third-order valence-electron chi connectivity index (χ3n) is 10.7. The van der Waals surface area contributed by atoms with Crippen LogP contribution < -0.4 is 5.32 Å². The zero-order valence-electron chi connectivity index (χ0n) is 29.7. The van der Waals surface area contributed by atoms with Crippen molar-refractivity contribution >= 4 is 39.6 Å². The summed E-state index contributed by atoms with van der Waals surface area (Å²) in [5.74, 6) is -3.79. The van der Waals surface area contributed by atoms with Crippen LogP contribution in [0.15, 0.2) is 86.0 Å². The van der Waals surface area contributed by atoms with Gasteiger partial charge < -0.3 is 29.7 Å².